The lowest BCUT2D eigenvalue weighted by molar-refractivity contribution is -0.128. The summed E-state index contributed by atoms with van der Waals surface area (Å²) in [5, 5.41) is 11.4. The second-order valence-corrected chi connectivity index (χ2v) is 9.88. The smallest absolute Gasteiger partial charge is 0.246 e. The average molecular weight is 607 g/mol. The normalized spacial score (nSPS) is 11.2. The first-order valence-corrected chi connectivity index (χ1v) is 14.7. The van der Waals surface area contributed by atoms with Gasteiger partial charge in [-0.2, -0.15) is 0 Å². The molecule has 0 aliphatic heterocycles. The molecule has 0 unspecified atom stereocenters. The van der Waals surface area contributed by atoms with E-state index in [9.17, 15) is 19.2 Å². The summed E-state index contributed by atoms with van der Waals surface area (Å²) in [5.74, 6) is -0.507. The highest BCUT2D eigenvalue weighted by atomic mass is 16.5. The lowest BCUT2D eigenvalue weighted by Gasteiger charge is -2.09. The van der Waals surface area contributed by atoms with Gasteiger partial charge >= 0.3 is 0 Å². The Kier molecular flexibility index (Phi) is 27.4. The number of ether oxygens (including phenoxy) is 6. The topological polar surface area (TPSA) is 172 Å². The number of carbonyl (C=O) groups is 4. The predicted molar refractivity (Wildman–Crippen MR) is 156 cm³/mol. The molecule has 0 aromatic carbocycles. The maximum Gasteiger partial charge on any atom is 0.246 e. The van der Waals surface area contributed by atoms with Crippen LogP contribution in [0, 0.1) is 5.92 Å². The lowest BCUT2D eigenvalue weighted by atomic mass is 10.1. The molecule has 14 nitrogen and oxygen atoms in total. The van der Waals surface area contributed by atoms with Gasteiger partial charge in [-0.3, -0.25) is 19.2 Å². The van der Waals surface area contributed by atoms with Crippen LogP contribution in [0.15, 0.2) is 0 Å². The average Bonchev–Trinajstić information content (AvgIpc) is 2.94. The van der Waals surface area contributed by atoms with Crippen LogP contribution in [-0.4, -0.2) is 135 Å². The van der Waals surface area contributed by atoms with Crippen molar-refractivity contribution < 1.29 is 47.6 Å². The molecule has 42 heavy (non-hydrogen) atoms. The van der Waals surface area contributed by atoms with E-state index in [2.05, 4.69) is 35.1 Å². The minimum absolute atomic E-state index is 0.00558. The van der Waals surface area contributed by atoms with E-state index < -0.39 is 0 Å². The largest absolute Gasteiger partial charge is 0.377 e. The summed E-state index contributed by atoms with van der Waals surface area (Å²) >= 11 is 0. The van der Waals surface area contributed by atoms with E-state index in [0.717, 1.165) is 13.0 Å². The minimum Gasteiger partial charge on any atom is -0.377 e. The highest BCUT2D eigenvalue weighted by molar-refractivity contribution is 5.81. The number of hydrogen-bond donors (Lipinski definition) is 4. The first-order chi connectivity index (χ1) is 20.2. The van der Waals surface area contributed by atoms with Gasteiger partial charge in [-0.05, 0) is 13.0 Å². The second-order valence-electron chi connectivity index (χ2n) is 9.88. The Morgan fingerprint density at radius 1 is 0.500 bits per heavy atom. The van der Waals surface area contributed by atoms with Crippen molar-refractivity contribution in [2.75, 3.05) is 105 Å². The highest BCUT2D eigenvalue weighted by Gasteiger charge is 2.07. The molecule has 0 fully saturated rings. The Morgan fingerprint density at radius 2 is 0.905 bits per heavy atom. The molecular formula is C28H54N4O10. The molecule has 0 heterocycles. The Hall–Kier alpha value is -2.20. The molecule has 0 spiro atoms. The van der Waals surface area contributed by atoms with Crippen LogP contribution in [0.5, 0.6) is 0 Å². The molecule has 0 rings (SSSR count). The molecular weight excluding hydrogens is 552 g/mol. The van der Waals surface area contributed by atoms with Gasteiger partial charge in [-0.15, -0.1) is 0 Å². The molecule has 0 saturated heterocycles. The number of amides is 3. The van der Waals surface area contributed by atoms with Crippen LogP contribution in [0.3, 0.4) is 0 Å². The van der Waals surface area contributed by atoms with Gasteiger partial charge in [0.15, 0.2) is 5.78 Å². The van der Waals surface area contributed by atoms with Gasteiger partial charge in [0, 0.05) is 38.0 Å². The van der Waals surface area contributed by atoms with Crippen molar-refractivity contribution in [1.82, 2.24) is 21.3 Å². The zero-order valence-corrected chi connectivity index (χ0v) is 26.0. The third-order valence-corrected chi connectivity index (χ3v) is 5.31. The third-order valence-electron chi connectivity index (χ3n) is 5.31. The van der Waals surface area contributed by atoms with Gasteiger partial charge in [-0.1, -0.05) is 27.7 Å². The summed E-state index contributed by atoms with van der Waals surface area (Å²) in [6.45, 7) is 12.4. The second kappa shape index (κ2) is 28.9. The molecule has 0 saturated carbocycles. The summed E-state index contributed by atoms with van der Waals surface area (Å²) in [7, 11) is 0. The standard InChI is InChI=1S/C28H54N4O10/c1-23(2)25(33)20-40-17-14-38-12-9-31-27(35)22-42-19-16-39-13-10-32-28(36)21-41-18-15-37-11-8-30-26(34)6-5-7-29-24(3)4/h23-24,29H,5-22H2,1-4H3,(H,30,34)(H,31,35)(H,32,36). The third kappa shape index (κ3) is 29.3. The van der Waals surface area contributed by atoms with Crippen molar-refractivity contribution in [3.05, 3.63) is 0 Å². The molecule has 246 valence electrons. The number of Topliss-reactive ketones (excluding diaryl/α,β-unsaturated/α-hetero) is 1. The molecule has 0 aliphatic carbocycles. The van der Waals surface area contributed by atoms with Gasteiger partial charge in [0.1, 0.15) is 19.8 Å². The summed E-state index contributed by atoms with van der Waals surface area (Å²) < 4.78 is 31.8. The Morgan fingerprint density at radius 3 is 1.33 bits per heavy atom. The van der Waals surface area contributed by atoms with Crippen molar-refractivity contribution >= 4 is 23.5 Å². The zero-order chi connectivity index (χ0) is 31.3. The summed E-state index contributed by atoms with van der Waals surface area (Å²) in [6.07, 6.45) is 1.28. The fraction of sp³-hybridized carbons (Fsp3) is 0.857. The van der Waals surface area contributed by atoms with Crippen LogP contribution in [0.2, 0.25) is 0 Å². The molecule has 0 aliphatic rings. The van der Waals surface area contributed by atoms with Gasteiger partial charge in [0.25, 0.3) is 0 Å². The van der Waals surface area contributed by atoms with Gasteiger partial charge in [0.05, 0.1) is 59.5 Å². The molecule has 0 radical (unpaired) electrons. The fourth-order valence-corrected chi connectivity index (χ4v) is 2.95. The maximum absolute atomic E-state index is 11.7. The molecule has 0 aromatic heterocycles. The summed E-state index contributed by atoms with van der Waals surface area (Å²) in [6, 6.07) is 0.417. The van der Waals surface area contributed by atoms with E-state index in [4.69, 9.17) is 28.4 Å². The fourth-order valence-electron chi connectivity index (χ4n) is 2.95. The van der Waals surface area contributed by atoms with E-state index in [1.807, 2.05) is 13.8 Å². The van der Waals surface area contributed by atoms with Crippen molar-refractivity contribution in [2.45, 2.75) is 46.6 Å². The van der Waals surface area contributed by atoms with Crippen molar-refractivity contribution in [2.24, 2.45) is 5.92 Å². The van der Waals surface area contributed by atoms with E-state index in [0.29, 0.717) is 71.7 Å². The first-order valence-electron chi connectivity index (χ1n) is 14.7. The van der Waals surface area contributed by atoms with E-state index in [1.54, 1.807) is 0 Å². The first kappa shape index (κ1) is 39.8. The molecule has 14 heteroatoms. The van der Waals surface area contributed by atoms with Crippen LogP contribution in [-0.2, 0) is 47.6 Å². The lowest BCUT2D eigenvalue weighted by Crippen LogP contribution is -2.32. The van der Waals surface area contributed by atoms with E-state index in [-0.39, 0.29) is 69.1 Å². The van der Waals surface area contributed by atoms with Gasteiger partial charge < -0.3 is 49.7 Å². The predicted octanol–water partition coefficient (Wildman–Crippen LogP) is -0.562. The maximum atomic E-state index is 11.7. The molecule has 3 amide bonds. The Bertz CT molecular complexity index is 710. The number of hydrogen-bond acceptors (Lipinski definition) is 11. The van der Waals surface area contributed by atoms with Crippen LogP contribution in [0.4, 0.5) is 0 Å². The van der Waals surface area contributed by atoms with Crippen LogP contribution in [0.25, 0.3) is 0 Å². The summed E-state index contributed by atoms with van der Waals surface area (Å²) in [4.78, 5) is 46.5. The molecule has 0 aromatic rings. The number of nitrogens with one attached hydrogen (secondary N) is 4. The monoisotopic (exact) mass is 606 g/mol. The van der Waals surface area contributed by atoms with Gasteiger partial charge in [-0.25, -0.2) is 0 Å². The number of rotatable bonds is 30. The van der Waals surface area contributed by atoms with Gasteiger partial charge in [0.2, 0.25) is 17.7 Å². The zero-order valence-electron chi connectivity index (χ0n) is 26.0. The number of ketones is 1. The quantitative estimate of drug-likeness (QED) is 0.0773. The summed E-state index contributed by atoms with van der Waals surface area (Å²) in [5.41, 5.74) is 0. The van der Waals surface area contributed by atoms with Crippen LogP contribution < -0.4 is 21.3 Å². The van der Waals surface area contributed by atoms with Crippen molar-refractivity contribution in [1.29, 1.82) is 0 Å². The number of carbonyl (C=O) groups excluding carboxylic acids is 4. The van der Waals surface area contributed by atoms with Crippen molar-refractivity contribution in [3.8, 4) is 0 Å². The molecule has 0 bridgehead atoms. The van der Waals surface area contributed by atoms with E-state index in [1.165, 1.54) is 0 Å². The van der Waals surface area contributed by atoms with Crippen LogP contribution in [0.1, 0.15) is 40.5 Å². The highest BCUT2D eigenvalue weighted by Crippen LogP contribution is 1.94. The molecule has 4 N–H and O–H groups in total. The van der Waals surface area contributed by atoms with E-state index >= 15 is 0 Å². The Labute approximate surface area is 250 Å². The molecule has 0 atom stereocenters. The Balaban J connectivity index is 3.36. The minimum atomic E-state index is -0.261. The van der Waals surface area contributed by atoms with Crippen LogP contribution >= 0.6 is 0 Å². The van der Waals surface area contributed by atoms with Crippen molar-refractivity contribution in [3.63, 3.8) is 0 Å². The SMILES string of the molecule is CC(C)NCCCC(=O)NCCOCCOCC(=O)NCCOCCOCC(=O)NCCOCCOCC(=O)C(C)C.